The van der Waals surface area contributed by atoms with Crippen molar-refractivity contribution in [2.75, 3.05) is 0 Å². The Morgan fingerprint density at radius 2 is 1.70 bits per heavy atom. The van der Waals surface area contributed by atoms with Crippen LogP contribution >= 0.6 is 55.1 Å². The molecule has 0 amide bonds. The zero-order valence-electron chi connectivity index (χ0n) is 16.9. The van der Waals surface area contributed by atoms with Crippen molar-refractivity contribution >= 4 is 79.0 Å². The number of aryl methyl sites for hydroxylation is 1. The third-order valence-corrected chi connectivity index (χ3v) is 6.31. The van der Waals surface area contributed by atoms with Crippen molar-refractivity contribution in [1.82, 2.24) is 0 Å². The molecule has 1 aliphatic heterocycles. The molecule has 0 radical (unpaired) electrons. The van der Waals surface area contributed by atoms with Gasteiger partial charge in [0.2, 0.25) is 5.90 Å². The Hall–Kier alpha value is -2.45. The number of hydrogen-bond donors (Lipinski definition) is 0. The number of ether oxygens (including phenoxy) is 2. The fourth-order valence-electron chi connectivity index (χ4n) is 2.95. The molecule has 9 heteroatoms. The molecule has 3 aromatic carbocycles. The molecule has 0 bridgehead atoms. The van der Waals surface area contributed by atoms with Gasteiger partial charge in [-0.05, 0) is 92.9 Å². The second-order valence-corrected chi connectivity index (χ2v) is 9.58. The number of aliphatic imine (C=N–C) groups is 1. The number of nitrogens with zero attached hydrogens (tertiary/aromatic N) is 1. The van der Waals surface area contributed by atoms with E-state index >= 15 is 0 Å². The van der Waals surface area contributed by atoms with Gasteiger partial charge in [-0.25, -0.2) is 14.6 Å². The zero-order chi connectivity index (χ0) is 23.7. The number of carbonyl (C=O) groups excluding carboxylic acids is 2. The topological polar surface area (TPSA) is 65.0 Å². The SMILES string of the molecule is Cc1ccc(C(=O)Oc2c(Br)cc(/C=C3\N=C(c4ccc(Cl)cc4Cl)OC3=O)cc2Br)cc1. The molecule has 5 nitrogen and oxygen atoms in total. The summed E-state index contributed by atoms with van der Waals surface area (Å²) in [6.45, 7) is 1.94. The highest BCUT2D eigenvalue weighted by Gasteiger charge is 2.26. The van der Waals surface area contributed by atoms with E-state index in [1.165, 1.54) is 0 Å². The highest BCUT2D eigenvalue weighted by molar-refractivity contribution is 9.11. The third kappa shape index (κ3) is 5.38. The minimum atomic E-state index is -0.613. The molecular formula is C24H13Br2Cl2NO4. The lowest BCUT2D eigenvalue weighted by Crippen LogP contribution is -2.09. The summed E-state index contributed by atoms with van der Waals surface area (Å²) in [6.07, 6.45) is 1.56. The van der Waals surface area contributed by atoms with Gasteiger partial charge in [-0.2, -0.15) is 0 Å². The van der Waals surface area contributed by atoms with E-state index in [4.69, 9.17) is 32.7 Å². The Bertz CT molecular complexity index is 1330. The van der Waals surface area contributed by atoms with E-state index in [0.717, 1.165) is 5.56 Å². The molecule has 0 aromatic heterocycles. The van der Waals surface area contributed by atoms with Crippen LogP contribution in [0.25, 0.3) is 6.08 Å². The quantitative estimate of drug-likeness (QED) is 0.176. The van der Waals surface area contributed by atoms with Crippen LogP contribution in [0.3, 0.4) is 0 Å². The lowest BCUT2D eigenvalue weighted by atomic mass is 10.1. The smallest absolute Gasteiger partial charge is 0.363 e. The molecule has 0 aliphatic carbocycles. The largest absolute Gasteiger partial charge is 0.421 e. The fourth-order valence-corrected chi connectivity index (χ4v) is 4.82. The average molecular weight is 610 g/mol. The Morgan fingerprint density at radius 1 is 1.03 bits per heavy atom. The summed E-state index contributed by atoms with van der Waals surface area (Å²) in [5, 5.41) is 0.780. The van der Waals surface area contributed by atoms with Crippen LogP contribution in [0.2, 0.25) is 10.0 Å². The maximum Gasteiger partial charge on any atom is 0.363 e. The Balaban J connectivity index is 1.60. The van der Waals surface area contributed by atoms with Crippen LogP contribution in [0.1, 0.15) is 27.0 Å². The zero-order valence-corrected chi connectivity index (χ0v) is 21.5. The van der Waals surface area contributed by atoms with E-state index in [1.54, 1.807) is 48.5 Å². The van der Waals surface area contributed by atoms with Crippen molar-refractivity contribution in [2.24, 2.45) is 4.99 Å². The predicted octanol–water partition coefficient (Wildman–Crippen LogP) is 7.39. The molecule has 0 atom stereocenters. The van der Waals surface area contributed by atoms with E-state index in [9.17, 15) is 9.59 Å². The van der Waals surface area contributed by atoms with Crippen molar-refractivity contribution in [2.45, 2.75) is 6.92 Å². The van der Waals surface area contributed by atoms with Gasteiger partial charge in [0.1, 0.15) is 0 Å². The standard InChI is InChI=1S/C24H13Br2Cl2NO4/c1-12-2-4-14(5-3-12)23(30)32-21-17(25)8-13(9-18(21)26)10-20-24(31)33-22(29-20)16-7-6-15(27)11-19(16)28/h2-11H,1H3/b20-10-. The van der Waals surface area contributed by atoms with Gasteiger partial charge in [-0.3, -0.25) is 0 Å². The number of carbonyl (C=O) groups is 2. The molecule has 166 valence electrons. The maximum atomic E-state index is 12.5. The molecule has 1 aliphatic rings. The molecular weight excluding hydrogens is 597 g/mol. The first kappa shape index (κ1) is 23.7. The number of rotatable bonds is 4. The van der Waals surface area contributed by atoms with Crippen LogP contribution in [0.15, 0.2) is 74.2 Å². The second-order valence-electron chi connectivity index (χ2n) is 7.03. The highest BCUT2D eigenvalue weighted by Crippen LogP contribution is 2.36. The van der Waals surface area contributed by atoms with Crippen LogP contribution in [0.5, 0.6) is 5.75 Å². The van der Waals surface area contributed by atoms with Crippen molar-refractivity contribution < 1.29 is 19.1 Å². The monoisotopic (exact) mass is 607 g/mol. The first-order valence-electron chi connectivity index (χ1n) is 9.47. The number of cyclic esters (lactones) is 1. The van der Waals surface area contributed by atoms with Crippen LogP contribution in [-0.4, -0.2) is 17.8 Å². The van der Waals surface area contributed by atoms with Gasteiger partial charge in [0, 0.05) is 5.02 Å². The predicted molar refractivity (Wildman–Crippen MR) is 135 cm³/mol. The highest BCUT2D eigenvalue weighted by atomic mass is 79.9. The van der Waals surface area contributed by atoms with Gasteiger partial charge in [0.25, 0.3) is 0 Å². The van der Waals surface area contributed by atoms with Gasteiger partial charge in [0.15, 0.2) is 11.4 Å². The van der Waals surface area contributed by atoms with Crippen molar-refractivity contribution in [3.8, 4) is 5.75 Å². The molecule has 0 spiro atoms. The number of halogens is 4. The molecule has 0 unspecified atom stereocenters. The summed E-state index contributed by atoms with van der Waals surface area (Å²) in [5.74, 6) is -0.697. The average Bonchev–Trinajstić information content (AvgIpc) is 3.11. The van der Waals surface area contributed by atoms with Crippen molar-refractivity contribution in [3.05, 3.63) is 102 Å². The van der Waals surface area contributed by atoms with Crippen molar-refractivity contribution in [3.63, 3.8) is 0 Å². The van der Waals surface area contributed by atoms with Crippen LogP contribution in [-0.2, 0) is 9.53 Å². The molecule has 0 saturated carbocycles. The lowest BCUT2D eigenvalue weighted by molar-refractivity contribution is -0.129. The maximum absolute atomic E-state index is 12.5. The second kappa shape index (κ2) is 9.81. The van der Waals surface area contributed by atoms with Crippen LogP contribution in [0, 0.1) is 6.92 Å². The summed E-state index contributed by atoms with van der Waals surface area (Å²) in [5.41, 5.74) is 2.66. The number of hydrogen-bond acceptors (Lipinski definition) is 5. The summed E-state index contributed by atoms with van der Waals surface area (Å²) >= 11 is 19.0. The third-order valence-electron chi connectivity index (χ3n) is 4.59. The summed E-state index contributed by atoms with van der Waals surface area (Å²) in [6, 6.07) is 15.3. The summed E-state index contributed by atoms with van der Waals surface area (Å²) in [7, 11) is 0. The summed E-state index contributed by atoms with van der Waals surface area (Å²) < 4.78 is 11.8. The van der Waals surface area contributed by atoms with Gasteiger partial charge in [-0.15, -0.1) is 0 Å². The van der Waals surface area contributed by atoms with Gasteiger partial charge >= 0.3 is 11.9 Å². The van der Waals surface area contributed by atoms with Crippen LogP contribution < -0.4 is 4.74 Å². The molecule has 0 fully saturated rings. The Labute approximate surface area is 216 Å². The molecule has 4 rings (SSSR count). The van der Waals surface area contributed by atoms with E-state index in [-0.39, 0.29) is 11.6 Å². The molecule has 33 heavy (non-hydrogen) atoms. The first-order valence-corrected chi connectivity index (χ1v) is 11.8. The molecule has 3 aromatic rings. The van der Waals surface area contributed by atoms with E-state index in [1.807, 2.05) is 19.1 Å². The molecule has 0 saturated heterocycles. The van der Waals surface area contributed by atoms with E-state index < -0.39 is 11.9 Å². The number of benzene rings is 3. The normalized spacial score (nSPS) is 14.3. The van der Waals surface area contributed by atoms with Crippen molar-refractivity contribution in [1.29, 1.82) is 0 Å². The van der Waals surface area contributed by atoms with E-state index in [0.29, 0.717) is 41.4 Å². The molecule has 1 heterocycles. The van der Waals surface area contributed by atoms with Crippen LogP contribution in [0.4, 0.5) is 0 Å². The lowest BCUT2D eigenvalue weighted by Gasteiger charge is -2.10. The fraction of sp³-hybridized carbons (Fsp3) is 0.0417. The van der Waals surface area contributed by atoms with Gasteiger partial charge < -0.3 is 9.47 Å². The molecule has 0 N–H and O–H groups in total. The summed E-state index contributed by atoms with van der Waals surface area (Å²) in [4.78, 5) is 29.1. The minimum absolute atomic E-state index is 0.0923. The Morgan fingerprint density at radius 3 is 2.33 bits per heavy atom. The van der Waals surface area contributed by atoms with E-state index in [2.05, 4.69) is 36.9 Å². The van der Waals surface area contributed by atoms with Gasteiger partial charge in [-0.1, -0.05) is 40.9 Å². The minimum Gasteiger partial charge on any atom is -0.421 e. The first-order chi connectivity index (χ1) is 15.7. The van der Waals surface area contributed by atoms with Gasteiger partial charge in [0.05, 0.1) is 25.1 Å². The Kier molecular flexibility index (Phi) is 7.05. The number of esters is 2.